The molecule has 1 N–H and O–H groups in total. The van der Waals surface area contributed by atoms with Gasteiger partial charge in [-0.05, 0) is 67.6 Å². The Hall–Kier alpha value is -2.02. The Labute approximate surface area is 175 Å². The Balaban J connectivity index is 1.86. The van der Waals surface area contributed by atoms with Crippen LogP contribution in [-0.2, 0) is 16.6 Å². The van der Waals surface area contributed by atoms with Gasteiger partial charge >= 0.3 is 0 Å². The SMILES string of the molecule is Cc1cc(C)c(C)c(S(=O)(=O)Nc2cnn(Cc3ccc(Cl)c(Cl)c3)c2)c1C. The molecule has 0 aliphatic heterocycles. The van der Waals surface area contributed by atoms with Gasteiger partial charge in [0.25, 0.3) is 10.0 Å². The van der Waals surface area contributed by atoms with Gasteiger partial charge in [0.15, 0.2) is 0 Å². The van der Waals surface area contributed by atoms with Crippen LogP contribution in [0.4, 0.5) is 5.69 Å². The minimum absolute atomic E-state index is 0.322. The average Bonchev–Trinajstić information content (AvgIpc) is 3.02. The van der Waals surface area contributed by atoms with Gasteiger partial charge in [-0.15, -0.1) is 0 Å². The van der Waals surface area contributed by atoms with E-state index in [2.05, 4.69) is 9.82 Å². The summed E-state index contributed by atoms with van der Waals surface area (Å²) in [4.78, 5) is 0.322. The highest BCUT2D eigenvalue weighted by Gasteiger charge is 2.22. The van der Waals surface area contributed by atoms with Crippen LogP contribution in [0, 0.1) is 27.7 Å². The molecule has 5 nitrogen and oxygen atoms in total. The Bertz CT molecular complexity index is 1130. The molecule has 1 heterocycles. The molecule has 0 spiro atoms. The van der Waals surface area contributed by atoms with Crippen LogP contribution >= 0.6 is 23.2 Å². The summed E-state index contributed by atoms with van der Waals surface area (Å²) in [5.74, 6) is 0. The van der Waals surface area contributed by atoms with E-state index < -0.39 is 10.0 Å². The summed E-state index contributed by atoms with van der Waals surface area (Å²) in [7, 11) is -3.73. The first-order chi connectivity index (χ1) is 13.1. The highest BCUT2D eigenvalue weighted by molar-refractivity contribution is 7.92. The molecule has 0 saturated heterocycles. The largest absolute Gasteiger partial charge is 0.276 e. The number of sulfonamides is 1. The first-order valence-electron chi connectivity index (χ1n) is 8.65. The van der Waals surface area contributed by atoms with Crippen molar-refractivity contribution in [1.29, 1.82) is 0 Å². The second-order valence-electron chi connectivity index (χ2n) is 6.87. The fourth-order valence-corrected chi connectivity index (χ4v) is 5.08. The van der Waals surface area contributed by atoms with Crippen LogP contribution in [0.5, 0.6) is 0 Å². The standard InChI is InChI=1S/C20H21Cl2N3O2S/c1-12-7-13(2)15(4)20(14(12)3)28(26,27)24-17-9-23-25(11-17)10-16-5-6-18(21)19(22)8-16/h5-9,11,24H,10H2,1-4H3. The minimum Gasteiger partial charge on any atom is -0.276 e. The van der Waals surface area contributed by atoms with Crippen molar-refractivity contribution in [3.05, 3.63) is 74.5 Å². The number of rotatable bonds is 5. The molecule has 1 aromatic heterocycles. The number of benzene rings is 2. The number of hydrogen-bond donors (Lipinski definition) is 1. The van der Waals surface area contributed by atoms with Crippen molar-refractivity contribution in [2.24, 2.45) is 0 Å². The molecule has 2 aromatic carbocycles. The van der Waals surface area contributed by atoms with E-state index in [0.29, 0.717) is 27.2 Å². The van der Waals surface area contributed by atoms with Crippen LogP contribution in [0.3, 0.4) is 0 Å². The van der Waals surface area contributed by atoms with Crippen molar-refractivity contribution in [3.8, 4) is 0 Å². The second kappa shape index (κ2) is 7.78. The Morgan fingerprint density at radius 2 is 1.64 bits per heavy atom. The fourth-order valence-electron chi connectivity index (χ4n) is 3.12. The topological polar surface area (TPSA) is 64.0 Å². The number of aryl methyl sites for hydroxylation is 2. The molecule has 0 fully saturated rings. The number of anilines is 1. The summed E-state index contributed by atoms with van der Waals surface area (Å²) in [6, 6.07) is 7.33. The lowest BCUT2D eigenvalue weighted by atomic mass is 10.0. The maximum atomic E-state index is 13.0. The van der Waals surface area contributed by atoms with Crippen LogP contribution in [0.15, 0.2) is 41.6 Å². The highest BCUT2D eigenvalue weighted by atomic mass is 35.5. The maximum Gasteiger partial charge on any atom is 0.262 e. The number of halogens is 2. The third kappa shape index (κ3) is 4.19. The van der Waals surface area contributed by atoms with Gasteiger partial charge in [0.1, 0.15) is 0 Å². The Morgan fingerprint density at radius 3 is 2.25 bits per heavy atom. The number of nitrogens with one attached hydrogen (secondary N) is 1. The molecule has 8 heteroatoms. The van der Waals surface area contributed by atoms with E-state index in [1.165, 1.54) is 6.20 Å². The van der Waals surface area contributed by atoms with Crippen LogP contribution in [0.25, 0.3) is 0 Å². The zero-order chi connectivity index (χ0) is 20.6. The lowest BCUT2D eigenvalue weighted by Crippen LogP contribution is -2.16. The molecule has 0 unspecified atom stereocenters. The van der Waals surface area contributed by atoms with Crippen LogP contribution in [0.1, 0.15) is 27.8 Å². The minimum atomic E-state index is -3.73. The quantitative estimate of drug-likeness (QED) is 0.590. The summed E-state index contributed by atoms with van der Waals surface area (Å²) in [5, 5.41) is 5.19. The zero-order valence-electron chi connectivity index (χ0n) is 16.0. The van der Waals surface area contributed by atoms with Crippen LogP contribution in [0.2, 0.25) is 10.0 Å². The summed E-state index contributed by atoms with van der Waals surface area (Å²) in [6.07, 6.45) is 3.13. The van der Waals surface area contributed by atoms with E-state index in [0.717, 1.165) is 27.8 Å². The second-order valence-corrected chi connectivity index (χ2v) is 9.30. The highest BCUT2D eigenvalue weighted by Crippen LogP contribution is 2.28. The van der Waals surface area contributed by atoms with E-state index in [-0.39, 0.29) is 0 Å². The maximum absolute atomic E-state index is 13.0. The molecule has 28 heavy (non-hydrogen) atoms. The molecule has 3 rings (SSSR count). The third-order valence-electron chi connectivity index (χ3n) is 4.78. The van der Waals surface area contributed by atoms with Crippen LogP contribution in [-0.4, -0.2) is 18.2 Å². The average molecular weight is 438 g/mol. The molecule has 148 valence electrons. The van der Waals surface area contributed by atoms with Crippen molar-refractivity contribution in [2.75, 3.05) is 4.72 Å². The summed E-state index contributed by atoms with van der Waals surface area (Å²) < 4.78 is 30.3. The molecule has 0 saturated carbocycles. The lowest BCUT2D eigenvalue weighted by Gasteiger charge is -2.16. The molecule has 3 aromatic rings. The number of hydrogen-bond acceptors (Lipinski definition) is 3. The summed E-state index contributed by atoms with van der Waals surface area (Å²) >= 11 is 12.0. The fraction of sp³-hybridized carbons (Fsp3) is 0.250. The van der Waals surface area contributed by atoms with E-state index in [4.69, 9.17) is 23.2 Å². The lowest BCUT2D eigenvalue weighted by molar-refractivity contribution is 0.599. The molecule has 0 radical (unpaired) electrons. The molecule has 0 aliphatic rings. The first kappa shape index (κ1) is 20.7. The van der Waals surface area contributed by atoms with Gasteiger partial charge in [-0.2, -0.15) is 5.10 Å². The van der Waals surface area contributed by atoms with E-state index in [1.54, 1.807) is 23.0 Å². The molecular weight excluding hydrogens is 417 g/mol. The molecule has 0 atom stereocenters. The van der Waals surface area contributed by atoms with Gasteiger partial charge in [-0.1, -0.05) is 35.3 Å². The Kier molecular flexibility index (Phi) is 5.75. The predicted molar refractivity (Wildman–Crippen MR) is 114 cm³/mol. The zero-order valence-corrected chi connectivity index (χ0v) is 18.4. The van der Waals surface area contributed by atoms with E-state index in [9.17, 15) is 8.42 Å². The van der Waals surface area contributed by atoms with Gasteiger partial charge in [0, 0.05) is 6.20 Å². The molecule has 0 aliphatic carbocycles. The molecular formula is C20H21Cl2N3O2S. The van der Waals surface area contributed by atoms with E-state index >= 15 is 0 Å². The van der Waals surface area contributed by atoms with Crippen molar-refractivity contribution >= 4 is 38.9 Å². The predicted octanol–water partition coefficient (Wildman–Crippen LogP) is 5.27. The number of nitrogens with zero attached hydrogens (tertiary/aromatic N) is 2. The van der Waals surface area contributed by atoms with Gasteiger partial charge in [0.2, 0.25) is 0 Å². The van der Waals surface area contributed by atoms with Gasteiger partial charge < -0.3 is 0 Å². The first-order valence-corrected chi connectivity index (χ1v) is 10.9. The Morgan fingerprint density at radius 1 is 1.00 bits per heavy atom. The monoisotopic (exact) mass is 437 g/mol. The van der Waals surface area contributed by atoms with Crippen molar-refractivity contribution in [3.63, 3.8) is 0 Å². The van der Waals surface area contributed by atoms with Crippen LogP contribution < -0.4 is 4.72 Å². The van der Waals surface area contributed by atoms with Gasteiger partial charge in [-0.25, -0.2) is 8.42 Å². The van der Waals surface area contributed by atoms with Gasteiger partial charge in [-0.3, -0.25) is 9.40 Å². The summed E-state index contributed by atoms with van der Waals surface area (Å²) in [6.45, 7) is 7.92. The normalized spacial score (nSPS) is 11.6. The van der Waals surface area contributed by atoms with Gasteiger partial charge in [0.05, 0.1) is 33.4 Å². The molecule has 0 bridgehead atoms. The van der Waals surface area contributed by atoms with Crippen molar-refractivity contribution in [2.45, 2.75) is 39.1 Å². The summed E-state index contributed by atoms with van der Waals surface area (Å²) in [5.41, 5.74) is 4.70. The van der Waals surface area contributed by atoms with Crippen molar-refractivity contribution in [1.82, 2.24) is 9.78 Å². The van der Waals surface area contributed by atoms with Crippen molar-refractivity contribution < 1.29 is 8.42 Å². The smallest absolute Gasteiger partial charge is 0.262 e. The van der Waals surface area contributed by atoms with E-state index in [1.807, 2.05) is 39.8 Å². The third-order valence-corrected chi connectivity index (χ3v) is 7.17. The molecule has 0 amide bonds. The number of aromatic nitrogens is 2.